The highest BCUT2D eigenvalue weighted by atomic mass is 16.6. The summed E-state index contributed by atoms with van der Waals surface area (Å²) in [6, 6.07) is 0. The number of esters is 3. The van der Waals surface area contributed by atoms with Crippen LogP contribution in [0, 0.1) is 0 Å². The fourth-order valence-electron chi connectivity index (χ4n) is 8.46. The second kappa shape index (κ2) is 57.7. The first-order valence-corrected chi connectivity index (χ1v) is 29.8. The average Bonchev–Trinajstić information content (AvgIpc) is 3.35. The lowest BCUT2D eigenvalue weighted by Crippen LogP contribution is -2.30. The number of unbranched alkanes of at least 4 members (excludes halogenated alkanes) is 33. The predicted octanol–water partition coefficient (Wildman–Crippen LogP) is 20.0. The van der Waals surface area contributed by atoms with Crippen molar-refractivity contribution in [3.8, 4) is 0 Å². The summed E-state index contributed by atoms with van der Waals surface area (Å²) >= 11 is 0. The lowest BCUT2D eigenvalue weighted by atomic mass is 10.0. The lowest BCUT2D eigenvalue weighted by Gasteiger charge is -2.18. The van der Waals surface area contributed by atoms with Crippen LogP contribution < -0.4 is 0 Å². The van der Waals surface area contributed by atoms with Gasteiger partial charge in [0.1, 0.15) is 13.2 Å². The maximum absolute atomic E-state index is 12.7. The molecule has 0 saturated heterocycles. The van der Waals surface area contributed by atoms with E-state index in [-0.39, 0.29) is 31.1 Å². The van der Waals surface area contributed by atoms with Gasteiger partial charge in [-0.15, -0.1) is 0 Å². The van der Waals surface area contributed by atoms with E-state index >= 15 is 0 Å². The normalized spacial score (nSPS) is 12.4. The molecular weight excluding hydrogens is 853 g/mol. The Morgan fingerprint density at radius 1 is 0.290 bits per heavy atom. The summed E-state index contributed by atoms with van der Waals surface area (Å²) in [7, 11) is 0. The highest BCUT2D eigenvalue weighted by molar-refractivity contribution is 5.71. The molecule has 1 atom stereocenters. The van der Waals surface area contributed by atoms with Gasteiger partial charge in [-0.05, 0) is 96.3 Å². The average molecular weight is 966 g/mol. The predicted molar refractivity (Wildman–Crippen MR) is 298 cm³/mol. The lowest BCUT2D eigenvalue weighted by molar-refractivity contribution is -0.167. The van der Waals surface area contributed by atoms with Crippen LogP contribution in [0.1, 0.15) is 303 Å². The van der Waals surface area contributed by atoms with Gasteiger partial charge in [0.25, 0.3) is 0 Å². The molecule has 6 heteroatoms. The highest BCUT2D eigenvalue weighted by Gasteiger charge is 2.19. The quantitative estimate of drug-likeness (QED) is 0.0262. The summed E-state index contributed by atoms with van der Waals surface area (Å²) in [5.41, 5.74) is 0. The van der Waals surface area contributed by atoms with Gasteiger partial charge in [-0.1, -0.05) is 248 Å². The van der Waals surface area contributed by atoms with Gasteiger partial charge in [-0.3, -0.25) is 14.4 Å². The molecule has 0 fully saturated rings. The zero-order valence-electron chi connectivity index (χ0n) is 45.8. The Labute approximate surface area is 428 Å². The van der Waals surface area contributed by atoms with Crippen molar-refractivity contribution in [2.75, 3.05) is 13.2 Å². The fourth-order valence-corrected chi connectivity index (χ4v) is 8.46. The summed E-state index contributed by atoms with van der Waals surface area (Å²) in [4.78, 5) is 37.9. The molecule has 0 radical (unpaired) electrons. The minimum Gasteiger partial charge on any atom is -0.462 e. The van der Waals surface area contributed by atoms with Crippen molar-refractivity contribution in [3.05, 3.63) is 60.8 Å². The standard InChI is InChI=1S/C63H112O6/c1-4-7-10-13-16-19-22-23-24-25-26-27-28-29-30-31-32-33-34-35-36-37-38-39-40-41-42-45-47-50-53-56-62(65)68-59-60(69-63(66)57-54-51-48-44-21-18-15-12-9-6-3)58-67-61(64)55-52-49-46-43-20-17-14-11-8-5-2/h11-12,14-15,22-23,25-26,28-29,60H,4-10,13,16-21,24,27,30-59H2,1-3H3/b14-11-,15-12-,23-22-,26-25-,29-28-. The van der Waals surface area contributed by atoms with E-state index in [1.807, 2.05) is 0 Å². The van der Waals surface area contributed by atoms with Gasteiger partial charge in [0.2, 0.25) is 0 Å². The number of carbonyl (C=O) groups is 3. The van der Waals surface area contributed by atoms with E-state index in [1.54, 1.807) is 0 Å². The van der Waals surface area contributed by atoms with E-state index in [2.05, 4.69) is 81.5 Å². The molecule has 0 N–H and O–H groups in total. The maximum atomic E-state index is 12.7. The van der Waals surface area contributed by atoms with Crippen LogP contribution in [0.3, 0.4) is 0 Å². The second-order valence-electron chi connectivity index (χ2n) is 19.9. The molecule has 6 nitrogen and oxygen atoms in total. The van der Waals surface area contributed by atoms with Crippen LogP contribution in [0.2, 0.25) is 0 Å². The largest absolute Gasteiger partial charge is 0.462 e. The van der Waals surface area contributed by atoms with Crippen molar-refractivity contribution in [2.24, 2.45) is 0 Å². The van der Waals surface area contributed by atoms with Crippen LogP contribution in [0.4, 0.5) is 0 Å². The van der Waals surface area contributed by atoms with Gasteiger partial charge in [0.15, 0.2) is 6.10 Å². The van der Waals surface area contributed by atoms with Gasteiger partial charge < -0.3 is 14.2 Å². The molecule has 0 saturated carbocycles. The first-order chi connectivity index (χ1) is 34.0. The maximum Gasteiger partial charge on any atom is 0.306 e. The highest BCUT2D eigenvalue weighted by Crippen LogP contribution is 2.16. The van der Waals surface area contributed by atoms with Crippen LogP contribution in [-0.2, 0) is 28.6 Å². The van der Waals surface area contributed by atoms with E-state index in [0.717, 1.165) is 103 Å². The first-order valence-electron chi connectivity index (χ1n) is 29.8. The van der Waals surface area contributed by atoms with Crippen molar-refractivity contribution >= 4 is 17.9 Å². The Kier molecular flexibility index (Phi) is 55.3. The molecule has 0 aliphatic heterocycles. The van der Waals surface area contributed by atoms with Crippen LogP contribution in [0.5, 0.6) is 0 Å². The number of hydrogen-bond donors (Lipinski definition) is 0. The zero-order chi connectivity index (χ0) is 50.0. The Bertz CT molecular complexity index is 1250. The third kappa shape index (κ3) is 55.9. The third-order valence-electron chi connectivity index (χ3n) is 12.9. The fraction of sp³-hybridized carbons (Fsp3) is 0.794. The Hall–Kier alpha value is -2.89. The molecule has 0 heterocycles. The SMILES string of the molecule is CCC/C=C\CCCCCCCC(=O)OCC(COC(=O)CCCCCCCCCCCCCCCCCC/C=C\C/C=C\C/C=C\CCCCCCC)OC(=O)CCCCCCC/C=C\CCC. The molecule has 0 aromatic heterocycles. The van der Waals surface area contributed by atoms with Crippen LogP contribution in [0.25, 0.3) is 0 Å². The summed E-state index contributed by atoms with van der Waals surface area (Å²) < 4.78 is 16.8. The van der Waals surface area contributed by atoms with Gasteiger partial charge in [-0.2, -0.15) is 0 Å². The van der Waals surface area contributed by atoms with Crippen molar-refractivity contribution in [1.82, 2.24) is 0 Å². The monoisotopic (exact) mass is 965 g/mol. The van der Waals surface area contributed by atoms with Crippen molar-refractivity contribution in [1.29, 1.82) is 0 Å². The van der Waals surface area contributed by atoms with Crippen LogP contribution in [0.15, 0.2) is 60.8 Å². The molecule has 0 amide bonds. The topological polar surface area (TPSA) is 78.9 Å². The molecule has 0 aliphatic rings. The van der Waals surface area contributed by atoms with Crippen molar-refractivity contribution in [3.63, 3.8) is 0 Å². The van der Waals surface area contributed by atoms with Gasteiger partial charge in [-0.25, -0.2) is 0 Å². The minimum atomic E-state index is -0.778. The van der Waals surface area contributed by atoms with E-state index in [9.17, 15) is 14.4 Å². The van der Waals surface area contributed by atoms with Crippen LogP contribution in [-0.4, -0.2) is 37.2 Å². The van der Waals surface area contributed by atoms with Gasteiger partial charge in [0.05, 0.1) is 0 Å². The molecule has 0 aliphatic carbocycles. The van der Waals surface area contributed by atoms with Gasteiger partial charge in [0, 0.05) is 19.3 Å². The molecule has 400 valence electrons. The van der Waals surface area contributed by atoms with Crippen molar-refractivity contribution in [2.45, 2.75) is 309 Å². The number of ether oxygens (including phenoxy) is 3. The molecule has 0 bridgehead atoms. The molecule has 69 heavy (non-hydrogen) atoms. The summed E-state index contributed by atoms with van der Waals surface area (Å²) in [5, 5.41) is 0. The molecule has 0 spiro atoms. The van der Waals surface area contributed by atoms with E-state index in [0.29, 0.717) is 19.3 Å². The van der Waals surface area contributed by atoms with Gasteiger partial charge >= 0.3 is 17.9 Å². The molecule has 1 unspecified atom stereocenters. The van der Waals surface area contributed by atoms with E-state index in [1.165, 1.54) is 161 Å². The number of allylic oxidation sites excluding steroid dienone is 10. The smallest absolute Gasteiger partial charge is 0.306 e. The molecular formula is C63H112O6. The van der Waals surface area contributed by atoms with E-state index in [4.69, 9.17) is 14.2 Å². The number of hydrogen-bond acceptors (Lipinski definition) is 6. The summed E-state index contributed by atoms with van der Waals surface area (Å²) in [6.45, 7) is 6.51. The number of rotatable bonds is 54. The molecule has 0 aromatic carbocycles. The Balaban J connectivity index is 4.03. The summed E-state index contributed by atoms with van der Waals surface area (Å²) in [5.74, 6) is -0.893. The van der Waals surface area contributed by atoms with Crippen molar-refractivity contribution < 1.29 is 28.6 Å². The number of carbonyl (C=O) groups excluding carboxylic acids is 3. The first kappa shape index (κ1) is 66.1. The minimum absolute atomic E-state index is 0.0784. The third-order valence-corrected chi connectivity index (χ3v) is 12.9. The van der Waals surface area contributed by atoms with E-state index < -0.39 is 6.10 Å². The summed E-state index contributed by atoms with van der Waals surface area (Å²) in [6.07, 6.45) is 72.5. The second-order valence-corrected chi connectivity index (χ2v) is 19.9. The Morgan fingerprint density at radius 3 is 0.884 bits per heavy atom. The van der Waals surface area contributed by atoms with Crippen LogP contribution >= 0.6 is 0 Å². The molecule has 0 rings (SSSR count). The molecule has 0 aromatic rings. The Morgan fingerprint density at radius 2 is 0.551 bits per heavy atom. The zero-order valence-corrected chi connectivity index (χ0v) is 45.8.